The smallest absolute Gasteiger partial charge is 0.293 e. The summed E-state index contributed by atoms with van der Waals surface area (Å²) in [6.07, 6.45) is 1.36. The molecule has 1 amide bonds. The van der Waals surface area contributed by atoms with Gasteiger partial charge in [0, 0.05) is 6.07 Å². The van der Waals surface area contributed by atoms with Crippen molar-refractivity contribution < 1.29 is 13.7 Å². The van der Waals surface area contributed by atoms with Crippen LogP contribution < -0.4 is 5.43 Å². The first-order valence-electron chi connectivity index (χ1n) is 4.67. The van der Waals surface area contributed by atoms with Gasteiger partial charge in [0.15, 0.2) is 10.8 Å². The van der Waals surface area contributed by atoms with Gasteiger partial charge in [-0.05, 0) is 19.1 Å². The lowest BCUT2D eigenvalue weighted by Gasteiger charge is -1.92. The van der Waals surface area contributed by atoms with Crippen LogP contribution in [0.1, 0.15) is 21.1 Å². The van der Waals surface area contributed by atoms with Crippen molar-refractivity contribution in [3.63, 3.8) is 0 Å². The zero-order valence-corrected chi connectivity index (χ0v) is 9.62. The molecule has 5 nitrogen and oxygen atoms in total. The van der Waals surface area contributed by atoms with E-state index in [1.165, 1.54) is 18.3 Å². The van der Waals surface area contributed by atoms with Gasteiger partial charge in [-0.15, -0.1) is 11.3 Å². The molecule has 0 radical (unpaired) electrons. The minimum Gasteiger partial charge on any atom is -0.361 e. The highest BCUT2D eigenvalue weighted by Gasteiger charge is 2.09. The monoisotopic (exact) mass is 253 g/mol. The summed E-state index contributed by atoms with van der Waals surface area (Å²) in [6.45, 7) is 1.68. The maximum atomic E-state index is 12.6. The molecule has 2 aromatic heterocycles. The first-order valence-corrected chi connectivity index (χ1v) is 5.49. The van der Waals surface area contributed by atoms with Crippen LogP contribution in [0.3, 0.4) is 0 Å². The fourth-order valence-corrected chi connectivity index (χ4v) is 1.69. The fourth-order valence-electron chi connectivity index (χ4n) is 1.08. The van der Waals surface area contributed by atoms with Crippen LogP contribution in [0.25, 0.3) is 0 Å². The summed E-state index contributed by atoms with van der Waals surface area (Å²) in [5.74, 6) is 0.0644. The van der Waals surface area contributed by atoms with E-state index in [0.717, 1.165) is 11.3 Å². The van der Waals surface area contributed by atoms with E-state index in [2.05, 4.69) is 15.7 Å². The van der Waals surface area contributed by atoms with E-state index in [0.29, 0.717) is 10.6 Å². The Labute approximate surface area is 99.9 Å². The van der Waals surface area contributed by atoms with Gasteiger partial charge < -0.3 is 4.52 Å². The van der Waals surface area contributed by atoms with Crippen molar-refractivity contribution in [3.05, 3.63) is 39.7 Å². The van der Waals surface area contributed by atoms with Gasteiger partial charge >= 0.3 is 0 Å². The highest BCUT2D eigenvalue weighted by Crippen LogP contribution is 2.11. The van der Waals surface area contributed by atoms with Crippen molar-refractivity contribution in [2.75, 3.05) is 0 Å². The standard InChI is InChI=1S/C10H8FN3O2S/c1-6-4-8(14-16-6)10(15)13-12-5-7-2-3-9(11)17-7/h2-5H,1H3,(H,13,15)/b12-5+. The van der Waals surface area contributed by atoms with Gasteiger partial charge in [0.2, 0.25) is 0 Å². The molecule has 0 unspecified atom stereocenters. The number of nitrogens with one attached hydrogen (secondary N) is 1. The van der Waals surface area contributed by atoms with E-state index >= 15 is 0 Å². The number of rotatable bonds is 3. The van der Waals surface area contributed by atoms with Crippen LogP contribution in [-0.4, -0.2) is 17.3 Å². The van der Waals surface area contributed by atoms with Crippen LogP contribution in [0.4, 0.5) is 4.39 Å². The average Bonchev–Trinajstić information content (AvgIpc) is 2.88. The molecular formula is C10H8FN3O2S. The largest absolute Gasteiger partial charge is 0.361 e. The molecule has 0 bridgehead atoms. The second-order valence-electron chi connectivity index (χ2n) is 3.16. The third kappa shape index (κ3) is 2.97. The van der Waals surface area contributed by atoms with E-state index in [9.17, 15) is 9.18 Å². The molecule has 0 aromatic carbocycles. The van der Waals surface area contributed by atoms with E-state index in [-0.39, 0.29) is 10.8 Å². The van der Waals surface area contributed by atoms with Crippen molar-refractivity contribution in [3.8, 4) is 0 Å². The van der Waals surface area contributed by atoms with Crippen LogP contribution >= 0.6 is 11.3 Å². The lowest BCUT2D eigenvalue weighted by Crippen LogP contribution is -2.17. The molecule has 1 N–H and O–H groups in total. The number of aryl methyl sites for hydroxylation is 1. The van der Waals surface area contributed by atoms with Crippen LogP contribution in [-0.2, 0) is 0 Å². The molecule has 0 aliphatic rings. The Morgan fingerprint density at radius 1 is 1.65 bits per heavy atom. The lowest BCUT2D eigenvalue weighted by atomic mass is 10.4. The summed E-state index contributed by atoms with van der Waals surface area (Å²) in [6, 6.07) is 4.39. The summed E-state index contributed by atoms with van der Waals surface area (Å²) < 4.78 is 17.4. The first-order chi connectivity index (χ1) is 8.15. The maximum absolute atomic E-state index is 12.6. The molecule has 2 heterocycles. The highest BCUT2D eigenvalue weighted by atomic mass is 32.1. The van der Waals surface area contributed by atoms with Gasteiger partial charge in [-0.25, -0.2) is 5.43 Å². The van der Waals surface area contributed by atoms with Crippen molar-refractivity contribution in [1.29, 1.82) is 0 Å². The quantitative estimate of drug-likeness (QED) is 0.671. The Kier molecular flexibility index (Phi) is 3.29. The highest BCUT2D eigenvalue weighted by molar-refractivity contribution is 7.12. The Bertz CT molecular complexity index is 561. The number of thiophene rings is 1. The lowest BCUT2D eigenvalue weighted by molar-refractivity contribution is 0.0946. The zero-order valence-electron chi connectivity index (χ0n) is 8.81. The molecule has 0 atom stereocenters. The number of aromatic nitrogens is 1. The molecule has 2 rings (SSSR count). The van der Waals surface area contributed by atoms with Crippen LogP contribution in [0.2, 0.25) is 0 Å². The van der Waals surface area contributed by atoms with Crippen molar-refractivity contribution >= 4 is 23.5 Å². The van der Waals surface area contributed by atoms with Crippen molar-refractivity contribution in [2.45, 2.75) is 6.92 Å². The number of amides is 1. The van der Waals surface area contributed by atoms with Gasteiger partial charge in [0.25, 0.3) is 5.91 Å². The number of hydrogen-bond acceptors (Lipinski definition) is 5. The van der Waals surface area contributed by atoms with E-state index in [1.807, 2.05) is 0 Å². The van der Waals surface area contributed by atoms with E-state index < -0.39 is 5.91 Å². The third-order valence-corrected chi connectivity index (χ3v) is 2.62. The summed E-state index contributed by atoms with van der Waals surface area (Å²) >= 11 is 0.938. The molecule has 2 aromatic rings. The van der Waals surface area contributed by atoms with E-state index in [4.69, 9.17) is 4.52 Å². The van der Waals surface area contributed by atoms with Crippen LogP contribution in [0, 0.1) is 12.1 Å². The van der Waals surface area contributed by atoms with Gasteiger partial charge in [-0.1, -0.05) is 5.16 Å². The molecular weight excluding hydrogens is 245 g/mol. The minimum atomic E-state index is -0.477. The number of carbonyl (C=O) groups excluding carboxylic acids is 1. The SMILES string of the molecule is Cc1cc(C(=O)N/N=C/c2ccc(F)s2)no1. The molecule has 0 saturated carbocycles. The third-order valence-electron chi connectivity index (χ3n) is 1.81. The van der Waals surface area contributed by atoms with Crippen molar-refractivity contribution in [2.24, 2.45) is 5.10 Å². The number of halogens is 1. The second kappa shape index (κ2) is 4.88. The second-order valence-corrected chi connectivity index (χ2v) is 4.23. The minimum absolute atomic E-state index is 0.150. The average molecular weight is 253 g/mol. The zero-order chi connectivity index (χ0) is 12.3. The molecule has 0 spiro atoms. The molecule has 17 heavy (non-hydrogen) atoms. The normalized spacial score (nSPS) is 10.9. The van der Waals surface area contributed by atoms with Crippen LogP contribution in [0.5, 0.6) is 0 Å². The number of nitrogens with zero attached hydrogens (tertiary/aromatic N) is 2. The van der Waals surface area contributed by atoms with E-state index in [1.54, 1.807) is 13.0 Å². The molecule has 0 aliphatic carbocycles. The number of hydrazone groups is 1. The Morgan fingerprint density at radius 3 is 3.06 bits per heavy atom. The van der Waals surface area contributed by atoms with Crippen LogP contribution in [0.15, 0.2) is 27.8 Å². The summed E-state index contributed by atoms with van der Waals surface area (Å²) in [5.41, 5.74) is 2.41. The molecule has 7 heteroatoms. The van der Waals surface area contributed by atoms with Gasteiger partial charge in [-0.2, -0.15) is 9.49 Å². The van der Waals surface area contributed by atoms with Gasteiger partial charge in [0.05, 0.1) is 11.1 Å². The first kappa shape index (κ1) is 11.5. The Morgan fingerprint density at radius 2 is 2.47 bits per heavy atom. The molecule has 0 fully saturated rings. The predicted octanol–water partition coefficient (Wildman–Crippen LogP) is 1.95. The number of carbonyl (C=O) groups is 1. The predicted molar refractivity (Wildman–Crippen MR) is 60.6 cm³/mol. The fraction of sp³-hybridized carbons (Fsp3) is 0.100. The van der Waals surface area contributed by atoms with Gasteiger partial charge in [-0.3, -0.25) is 4.79 Å². The van der Waals surface area contributed by atoms with Gasteiger partial charge in [0.1, 0.15) is 5.76 Å². The number of hydrogen-bond donors (Lipinski definition) is 1. The maximum Gasteiger partial charge on any atom is 0.293 e. The molecule has 88 valence electrons. The molecule has 0 saturated heterocycles. The summed E-state index contributed by atoms with van der Waals surface area (Å²) in [4.78, 5) is 12.0. The summed E-state index contributed by atoms with van der Waals surface area (Å²) in [5, 5.41) is 6.90. The summed E-state index contributed by atoms with van der Waals surface area (Å²) in [7, 11) is 0. The van der Waals surface area contributed by atoms with Crippen molar-refractivity contribution in [1.82, 2.24) is 10.6 Å². The topological polar surface area (TPSA) is 67.5 Å². The Hall–Kier alpha value is -2.02. The Balaban J connectivity index is 1.94. The molecule has 0 aliphatic heterocycles.